The molecule has 0 unspecified atom stereocenters. The van der Waals surface area contributed by atoms with Gasteiger partial charge in [-0.3, -0.25) is 9.48 Å². The highest BCUT2D eigenvalue weighted by molar-refractivity contribution is 5.74. The third-order valence-corrected chi connectivity index (χ3v) is 2.55. The number of ether oxygens (including phenoxy) is 1. The highest BCUT2D eigenvalue weighted by atomic mass is 16.5. The number of aromatic nitrogens is 2. The molecule has 0 aliphatic heterocycles. The van der Waals surface area contributed by atoms with Gasteiger partial charge in [0.2, 0.25) is 0 Å². The summed E-state index contributed by atoms with van der Waals surface area (Å²) in [6.45, 7) is 3.02. The molecule has 1 heterocycles. The van der Waals surface area contributed by atoms with Crippen LogP contribution in [0.3, 0.4) is 0 Å². The number of carbonyl (C=O) groups is 1. The van der Waals surface area contributed by atoms with Crippen LogP contribution in [0.1, 0.15) is 12.5 Å². The minimum absolute atomic E-state index is 0.135. The van der Waals surface area contributed by atoms with Crippen LogP contribution in [0.15, 0.2) is 42.6 Å². The van der Waals surface area contributed by atoms with Crippen LogP contribution >= 0.6 is 0 Å². The Morgan fingerprint density at radius 3 is 2.84 bits per heavy atom. The van der Waals surface area contributed by atoms with Gasteiger partial charge >= 0.3 is 5.97 Å². The number of esters is 1. The summed E-state index contributed by atoms with van der Waals surface area (Å²) in [5, 5.41) is 7.26. The lowest BCUT2D eigenvalue weighted by molar-refractivity contribution is -0.140. The molecule has 0 amide bonds. The first-order chi connectivity index (χ1) is 9.28. The maximum absolute atomic E-state index is 11.2. The molecule has 0 fully saturated rings. The number of benzene rings is 1. The van der Waals surface area contributed by atoms with Crippen molar-refractivity contribution < 1.29 is 9.53 Å². The van der Waals surface area contributed by atoms with Gasteiger partial charge in [0.25, 0.3) is 0 Å². The summed E-state index contributed by atoms with van der Waals surface area (Å²) < 4.78 is 6.65. The lowest BCUT2D eigenvalue weighted by Gasteiger charge is -2.03. The van der Waals surface area contributed by atoms with E-state index in [1.165, 1.54) is 5.56 Å². The Morgan fingerprint density at radius 1 is 1.32 bits per heavy atom. The summed E-state index contributed by atoms with van der Waals surface area (Å²) in [4.78, 5) is 11.2. The standard InChI is InChI=1S/C14H17N3O2/c1-2-19-14(18)10-15-13-8-9-17(16-13)11-12-6-4-3-5-7-12/h3-9H,2,10-11H2,1H3,(H,15,16). The van der Waals surface area contributed by atoms with Crippen LogP contribution in [0, 0.1) is 0 Å². The van der Waals surface area contributed by atoms with Crippen LogP contribution in [-0.2, 0) is 16.1 Å². The van der Waals surface area contributed by atoms with Gasteiger partial charge in [-0.25, -0.2) is 0 Å². The van der Waals surface area contributed by atoms with Gasteiger partial charge in [-0.15, -0.1) is 0 Å². The number of nitrogens with one attached hydrogen (secondary N) is 1. The van der Waals surface area contributed by atoms with Gasteiger partial charge in [-0.2, -0.15) is 5.10 Å². The molecule has 5 heteroatoms. The fourth-order valence-corrected chi connectivity index (χ4v) is 1.69. The second-order valence-corrected chi connectivity index (χ2v) is 4.04. The van der Waals surface area contributed by atoms with Crippen LogP contribution in [-0.4, -0.2) is 28.9 Å². The Bertz CT molecular complexity index is 522. The van der Waals surface area contributed by atoms with Crippen molar-refractivity contribution in [2.24, 2.45) is 0 Å². The van der Waals surface area contributed by atoms with Crippen molar-refractivity contribution in [3.05, 3.63) is 48.2 Å². The maximum atomic E-state index is 11.2. The van der Waals surface area contributed by atoms with Crippen molar-refractivity contribution in [1.82, 2.24) is 9.78 Å². The number of rotatable bonds is 6. The summed E-state index contributed by atoms with van der Waals surface area (Å²) in [7, 11) is 0. The Labute approximate surface area is 112 Å². The van der Waals surface area contributed by atoms with Gasteiger partial charge in [0, 0.05) is 12.3 Å². The SMILES string of the molecule is CCOC(=O)CNc1ccn(Cc2ccccc2)n1. The minimum Gasteiger partial charge on any atom is -0.465 e. The average molecular weight is 259 g/mol. The number of nitrogens with zero attached hydrogens (tertiary/aromatic N) is 2. The zero-order valence-corrected chi connectivity index (χ0v) is 10.9. The largest absolute Gasteiger partial charge is 0.465 e. The first-order valence-electron chi connectivity index (χ1n) is 6.25. The van der Waals surface area contributed by atoms with Crippen LogP contribution in [0.5, 0.6) is 0 Å². The molecular formula is C14H17N3O2. The van der Waals surface area contributed by atoms with Crippen molar-refractivity contribution in [2.75, 3.05) is 18.5 Å². The Hall–Kier alpha value is -2.30. The molecule has 5 nitrogen and oxygen atoms in total. The highest BCUT2D eigenvalue weighted by Gasteiger charge is 2.03. The van der Waals surface area contributed by atoms with Crippen LogP contribution in [0.2, 0.25) is 0 Å². The third-order valence-electron chi connectivity index (χ3n) is 2.55. The molecule has 1 aromatic carbocycles. The Kier molecular flexibility index (Phi) is 4.55. The van der Waals surface area contributed by atoms with Crippen molar-refractivity contribution in [3.8, 4) is 0 Å². The summed E-state index contributed by atoms with van der Waals surface area (Å²) >= 11 is 0. The van der Waals surface area contributed by atoms with E-state index in [4.69, 9.17) is 4.74 Å². The summed E-state index contributed by atoms with van der Waals surface area (Å²) in [5.41, 5.74) is 1.18. The molecule has 1 aromatic heterocycles. The summed E-state index contributed by atoms with van der Waals surface area (Å²) in [6.07, 6.45) is 1.88. The molecule has 1 N–H and O–H groups in total. The minimum atomic E-state index is -0.278. The average Bonchev–Trinajstić information content (AvgIpc) is 2.86. The lowest BCUT2D eigenvalue weighted by Crippen LogP contribution is -2.17. The highest BCUT2D eigenvalue weighted by Crippen LogP contribution is 2.06. The number of hydrogen-bond donors (Lipinski definition) is 1. The van der Waals surface area contributed by atoms with E-state index in [9.17, 15) is 4.79 Å². The molecule has 2 aromatic rings. The fraction of sp³-hybridized carbons (Fsp3) is 0.286. The molecule has 0 aliphatic rings. The zero-order valence-electron chi connectivity index (χ0n) is 10.9. The fourth-order valence-electron chi connectivity index (χ4n) is 1.69. The van der Waals surface area contributed by atoms with E-state index in [2.05, 4.69) is 10.4 Å². The van der Waals surface area contributed by atoms with E-state index in [0.717, 1.165) is 0 Å². The van der Waals surface area contributed by atoms with Crippen molar-refractivity contribution in [1.29, 1.82) is 0 Å². The molecule has 19 heavy (non-hydrogen) atoms. The summed E-state index contributed by atoms with van der Waals surface area (Å²) in [6, 6.07) is 11.9. The third kappa shape index (κ3) is 4.13. The van der Waals surface area contributed by atoms with Gasteiger partial charge < -0.3 is 10.1 Å². The van der Waals surface area contributed by atoms with Crippen LogP contribution in [0.4, 0.5) is 5.82 Å². The van der Waals surface area contributed by atoms with Gasteiger partial charge in [0.15, 0.2) is 0 Å². The molecule has 0 aliphatic carbocycles. The second-order valence-electron chi connectivity index (χ2n) is 4.04. The molecule has 0 atom stereocenters. The molecule has 0 spiro atoms. The van der Waals surface area contributed by atoms with E-state index in [1.54, 1.807) is 6.92 Å². The van der Waals surface area contributed by atoms with Crippen LogP contribution in [0.25, 0.3) is 0 Å². The predicted octanol–water partition coefficient (Wildman–Crippen LogP) is 1.91. The smallest absolute Gasteiger partial charge is 0.325 e. The van der Waals surface area contributed by atoms with E-state index in [0.29, 0.717) is 19.0 Å². The number of carbonyl (C=O) groups excluding carboxylic acids is 1. The molecule has 2 rings (SSSR count). The van der Waals surface area contributed by atoms with Crippen molar-refractivity contribution >= 4 is 11.8 Å². The van der Waals surface area contributed by atoms with E-state index in [-0.39, 0.29) is 12.5 Å². The first kappa shape index (κ1) is 13.1. The molecule has 100 valence electrons. The molecule has 0 saturated carbocycles. The van der Waals surface area contributed by atoms with Crippen LogP contribution < -0.4 is 5.32 Å². The number of hydrogen-bond acceptors (Lipinski definition) is 4. The maximum Gasteiger partial charge on any atom is 0.325 e. The predicted molar refractivity (Wildman–Crippen MR) is 72.9 cm³/mol. The second kappa shape index (κ2) is 6.58. The first-order valence-corrected chi connectivity index (χ1v) is 6.25. The normalized spacial score (nSPS) is 10.2. The van der Waals surface area contributed by atoms with E-state index >= 15 is 0 Å². The van der Waals surface area contributed by atoms with Gasteiger partial charge in [0.1, 0.15) is 12.4 Å². The van der Waals surface area contributed by atoms with Crippen molar-refractivity contribution in [2.45, 2.75) is 13.5 Å². The van der Waals surface area contributed by atoms with Gasteiger partial charge in [-0.05, 0) is 12.5 Å². The van der Waals surface area contributed by atoms with E-state index < -0.39 is 0 Å². The number of anilines is 1. The topological polar surface area (TPSA) is 56.1 Å². The Morgan fingerprint density at radius 2 is 2.11 bits per heavy atom. The van der Waals surface area contributed by atoms with Crippen molar-refractivity contribution in [3.63, 3.8) is 0 Å². The zero-order chi connectivity index (χ0) is 13.5. The van der Waals surface area contributed by atoms with E-state index in [1.807, 2.05) is 47.3 Å². The molecule has 0 radical (unpaired) electrons. The monoisotopic (exact) mass is 259 g/mol. The lowest BCUT2D eigenvalue weighted by atomic mass is 10.2. The molecule has 0 bridgehead atoms. The molecular weight excluding hydrogens is 242 g/mol. The quantitative estimate of drug-likeness (QED) is 0.805. The summed E-state index contributed by atoms with van der Waals surface area (Å²) in [5.74, 6) is 0.393. The van der Waals surface area contributed by atoms with Gasteiger partial charge in [0.05, 0.1) is 13.2 Å². The Balaban J connectivity index is 1.87. The molecule has 0 saturated heterocycles. The van der Waals surface area contributed by atoms with Gasteiger partial charge in [-0.1, -0.05) is 30.3 Å².